The van der Waals surface area contributed by atoms with E-state index >= 15 is 0 Å². The van der Waals surface area contributed by atoms with Crippen LogP contribution in [0.25, 0.3) is 10.9 Å². The van der Waals surface area contributed by atoms with Gasteiger partial charge in [0.15, 0.2) is 0 Å². The number of nitrogens with zero attached hydrogens (tertiary/aromatic N) is 2. The Bertz CT molecular complexity index is 859. The number of hydrogen-bond donors (Lipinski definition) is 1. The third kappa shape index (κ3) is 3.59. The maximum Gasteiger partial charge on any atom is 0.253 e. The SMILES string of the molecule is Cc1nc2c(C)cccc2cc1C(=O)NCCCc1ccccn1. The van der Waals surface area contributed by atoms with E-state index in [0.29, 0.717) is 12.1 Å². The fraction of sp³-hybridized carbons (Fsp3) is 0.250. The maximum atomic E-state index is 12.4. The first kappa shape index (κ1) is 16.1. The monoisotopic (exact) mass is 319 g/mol. The zero-order chi connectivity index (χ0) is 16.9. The number of carbonyl (C=O) groups excluding carboxylic acids is 1. The van der Waals surface area contributed by atoms with Crippen molar-refractivity contribution in [1.82, 2.24) is 15.3 Å². The highest BCUT2D eigenvalue weighted by Gasteiger charge is 2.12. The van der Waals surface area contributed by atoms with Gasteiger partial charge in [0.25, 0.3) is 5.91 Å². The van der Waals surface area contributed by atoms with Crippen LogP contribution >= 0.6 is 0 Å². The topological polar surface area (TPSA) is 54.9 Å². The molecule has 0 bridgehead atoms. The first-order valence-electron chi connectivity index (χ1n) is 8.20. The van der Waals surface area contributed by atoms with Crippen molar-refractivity contribution in [2.75, 3.05) is 6.54 Å². The minimum Gasteiger partial charge on any atom is -0.352 e. The fourth-order valence-electron chi connectivity index (χ4n) is 2.78. The Labute approximate surface area is 142 Å². The summed E-state index contributed by atoms with van der Waals surface area (Å²) in [5.74, 6) is -0.0653. The van der Waals surface area contributed by atoms with Crippen LogP contribution in [0.1, 0.15) is 33.7 Å². The number of amides is 1. The molecule has 0 atom stereocenters. The van der Waals surface area contributed by atoms with Gasteiger partial charge in [0, 0.05) is 23.8 Å². The molecule has 3 rings (SSSR count). The number of pyridine rings is 2. The summed E-state index contributed by atoms with van der Waals surface area (Å²) in [7, 11) is 0. The average molecular weight is 319 g/mol. The van der Waals surface area contributed by atoms with Crippen LogP contribution in [0.3, 0.4) is 0 Å². The van der Waals surface area contributed by atoms with E-state index in [1.807, 2.05) is 56.3 Å². The van der Waals surface area contributed by atoms with E-state index in [0.717, 1.165) is 40.7 Å². The van der Waals surface area contributed by atoms with Gasteiger partial charge in [0.1, 0.15) is 0 Å². The lowest BCUT2D eigenvalue weighted by molar-refractivity contribution is 0.0952. The van der Waals surface area contributed by atoms with Crippen molar-refractivity contribution < 1.29 is 4.79 Å². The molecule has 0 fully saturated rings. The van der Waals surface area contributed by atoms with Gasteiger partial charge in [-0.05, 0) is 50.5 Å². The second-order valence-electron chi connectivity index (χ2n) is 5.95. The molecule has 4 nitrogen and oxygen atoms in total. The third-order valence-electron chi connectivity index (χ3n) is 4.10. The Morgan fingerprint density at radius 3 is 2.79 bits per heavy atom. The number of aryl methyl sites for hydroxylation is 3. The van der Waals surface area contributed by atoms with Crippen molar-refractivity contribution in [3.05, 3.63) is 71.2 Å². The lowest BCUT2D eigenvalue weighted by Gasteiger charge is -2.10. The summed E-state index contributed by atoms with van der Waals surface area (Å²) in [5.41, 5.74) is 4.54. The summed E-state index contributed by atoms with van der Waals surface area (Å²) in [5, 5.41) is 3.98. The molecule has 0 aliphatic carbocycles. The van der Waals surface area contributed by atoms with Crippen molar-refractivity contribution >= 4 is 16.8 Å². The molecule has 24 heavy (non-hydrogen) atoms. The second-order valence-corrected chi connectivity index (χ2v) is 5.95. The number of para-hydroxylation sites is 1. The van der Waals surface area contributed by atoms with E-state index in [9.17, 15) is 4.79 Å². The minimum atomic E-state index is -0.0653. The van der Waals surface area contributed by atoms with Crippen LogP contribution in [0.5, 0.6) is 0 Å². The maximum absolute atomic E-state index is 12.4. The van der Waals surface area contributed by atoms with Crippen molar-refractivity contribution in [3.63, 3.8) is 0 Å². The number of rotatable bonds is 5. The summed E-state index contributed by atoms with van der Waals surface area (Å²) >= 11 is 0. The van der Waals surface area contributed by atoms with Gasteiger partial charge in [-0.25, -0.2) is 0 Å². The summed E-state index contributed by atoms with van der Waals surface area (Å²) < 4.78 is 0. The van der Waals surface area contributed by atoms with Crippen LogP contribution in [0, 0.1) is 13.8 Å². The quantitative estimate of drug-likeness (QED) is 0.731. The largest absolute Gasteiger partial charge is 0.352 e. The highest BCUT2D eigenvalue weighted by molar-refractivity contribution is 5.99. The van der Waals surface area contributed by atoms with Crippen LogP contribution in [-0.4, -0.2) is 22.4 Å². The molecule has 1 aromatic carbocycles. The number of hydrogen-bond acceptors (Lipinski definition) is 3. The molecule has 1 N–H and O–H groups in total. The molecule has 0 unspecified atom stereocenters. The van der Waals surface area contributed by atoms with E-state index in [1.54, 1.807) is 6.20 Å². The number of aromatic nitrogens is 2. The Morgan fingerprint density at radius 2 is 2.00 bits per heavy atom. The first-order chi connectivity index (χ1) is 11.6. The Kier molecular flexibility index (Phi) is 4.85. The van der Waals surface area contributed by atoms with Crippen LogP contribution in [0.4, 0.5) is 0 Å². The van der Waals surface area contributed by atoms with Gasteiger partial charge in [0.2, 0.25) is 0 Å². The molecule has 0 saturated carbocycles. The standard InChI is InChI=1S/C20H21N3O/c1-14-7-5-8-16-13-18(15(2)23-19(14)16)20(24)22-12-6-10-17-9-3-4-11-21-17/h3-5,7-9,11,13H,6,10,12H2,1-2H3,(H,22,24). The summed E-state index contributed by atoms with van der Waals surface area (Å²) in [4.78, 5) is 21.3. The Balaban J connectivity index is 1.64. The van der Waals surface area contributed by atoms with Gasteiger partial charge in [0.05, 0.1) is 16.8 Å². The molecule has 0 aliphatic heterocycles. The van der Waals surface area contributed by atoms with Gasteiger partial charge in [-0.2, -0.15) is 0 Å². The predicted octanol–water partition coefficient (Wildman–Crippen LogP) is 3.61. The van der Waals surface area contributed by atoms with Gasteiger partial charge < -0.3 is 5.32 Å². The summed E-state index contributed by atoms with van der Waals surface area (Å²) in [6, 6.07) is 13.8. The lowest BCUT2D eigenvalue weighted by atomic mass is 10.1. The number of nitrogens with one attached hydrogen (secondary N) is 1. The van der Waals surface area contributed by atoms with Crippen LogP contribution in [0.2, 0.25) is 0 Å². The molecule has 1 amide bonds. The highest BCUT2D eigenvalue weighted by Crippen LogP contribution is 2.19. The molecule has 2 heterocycles. The van der Waals surface area contributed by atoms with Gasteiger partial charge >= 0.3 is 0 Å². The first-order valence-corrected chi connectivity index (χ1v) is 8.20. The summed E-state index contributed by atoms with van der Waals surface area (Å²) in [6.07, 6.45) is 3.51. The van der Waals surface area contributed by atoms with Crippen molar-refractivity contribution in [2.24, 2.45) is 0 Å². The second kappa shape index (κ2) is 7.21. The molecule has 3 aromatic rings. The molecule has 0 radical (unpaired) electrons. The van der Waals surface area contributed by atoms with Crippen molar-refractivity contribution in [2.45, 2.75) is 26.7 Å². The lowest BCUT2D eigenvalue weighted by Crippen LogP contribution is -2.26. The van der Waals surface area contributed by atoms with E-state index < -0.39 is 0 Å². The molecule has 0 spiro atoms. The normalized spacial score (nSPS) is 10.8. The van der Waals surface area contributed by atoms with Gasteiger partial charge in [-0.3, -0.25) is 14.8 Å². The molecule has 122 valence electrons. The third-order valence-corrected chi connectivity index (χ3v) is 4.10. The Hall–Kier alpha value is -2.75. The van der Waals surface area contributed by atoms with Crippen molar-refractivity contribution in [1.29, 1.82) is 0 Å². The molecule has 2 aromatic heterocycles. The average Bonchev–Trinajstić information content (AvgIpc) is 2.60. The number of fused-ring (bicyclic) bond motifs is 1. The number of benzene rings is 1. The zero-order valence-corrected chi connectivity index (χ0v) is 14.0. The van der Waals surface area contributed by atoms with E-state index in [4.69, 9.17) is 0 Å². The smallest absolute Gasteiger partial charge is 0.253 e. The van der Waals surface area contributed by atoms with Crippen LogP contribution < -0.4 is 5.32 Å². The number of carbonyl (C=O) groups is 1. The zero-order valence-electron chi connectivity index (χ0n) is 14.0. The van der Waals surface area contributed by atoms with Crippen LogP contribution in [0.15, 0.2) is 48.7 Å². The minimum absolute atomic E-state index is 0.0653. The van der Waals surface area contributed by atoms with Gasteiger partial charge in [-0.1, -0.05) is 24.3 Å². The molecule has 4 heteroatoms. The van der Waals surface area contributed by atoms with Crippen LogP contribution in [-0.2, 0) is 6.42 Å². The predicted molar refractivity (Wildman–Crippen MR) is 96.1 cm³/mol. The van der Waals surface area contributed by atoms with Crippen molar-refractivity contribution in [3.8, 4) is 0 Å². The van der Waals surface area contributed by atoms with Gasteiger partial charge in [-0.15, -0.1) is 0 Å². The molecular formula is C20H21N3O. The van der Waals surface area contributed by atoms with E-state index in [-0.39, 0.29) is 5.91 Å². The highest BCUT2D eigenvalue weighted by atomic mass is 16.1. The molecular weight excluding hydrogens is 298 g/mol. The fourth-order valence-corrected chi connectivity index (χ4v) is 2.78. The summed E-state index contributed by atoms with van der Waals surface area (Å²) in [6.45, 7) is 4.54. The molecule has 0 aliphatic rings. The Morgan fingerprint density at radius 1 is 1.12 bits per heavy atom. The molecule has 0 saturated heterocycles. The van der Waals surface area contributed by atoms with E-state index in [2.05, 4.69) is 15.3 Å². The van der Waals surface area contributed by atoms with E-state index in [1.165, 1.54) is 0 Å².